The Balaban J connectivity index is 0.00000220. The molecule has 0 aromatic heterocycles. The maximum absolute atomic E-state index is 11.7. The van der Waals surface area contributed by atoms with Crippen LogP contribution in [0.1, 0.15) is 25.5 Å². The van der Waals surface area contributed by atoms with E-state index in [1.54, 1.807) is 13.8 Å². The predicted molar refractivity (Wildman–Crippen MR) is 87.4 cm³/mol. The minimum atomic E-state index is -0.941. The third kappa shape index (κ3) is 4.43. The van der Waals surface area contributed by atoms with Gasteiger partial charge in [-0.2, -0.15) is 0 Å². The summed E-state index contributed by atoms with van der Waals surface area (Å²) in [6.07, 6.45) is -0.745. The van der Waals surface area contributed by atoms with E-state index in [0.717, 1.165) is 16.3 Å². The zero-order valence-electron chi connectivity index (χ0n) is 12.2. The smallest absolute Gasteiger partial charge is 0.239 e. The van der Waals surface area contributed by atoms with Crippen LogP contribution in [-0.4, -0.2) is 23.1 Å². The van der Waals surface area contributed by atoms with E-state index >= 15 is 0 Å². The predicted octanol–water partition coefficient (Wildman–Crippen LogP) is 2.15. The highest BCUT2D eigenvalue weighted by Crippen LogP contribution is 2.20. The third-order valence-corrected chi connectivity index (χ3v) is 3.20. The highest BCUT2D eigenvalue weighted by molar-refractivity contribution is 5.85. The zero-order chi connectivity index (χ0) is 14.8. The SMILES string of the molecule is CC(C)(N)C(=O)NCC(O)c1ccc2ccccc2c1.Cl. The van der Waals surface area contributed by atoms with Gasteiger partial charge in [-0.05, 0) is 36.2 Å². The number of nitrogens with one attached hydrogen (secondary N) is 1. The Morgan fingerprint density at radius 3 is 2.48 bits per heavy atom. The van der Waals surface area contributed by atoms with Gasteiger partial charge in [0.25, 0.3) is 0 Å². The van der Waals surface area contributed by atoms with Crippen molar-refractivity contribution in [1.29, 1.82) is 0 Å². The van der Waals surface area contributed by atoms with Crippen LogP contribution in [0.2, 0.25) is 0 Å². The number of rotatable bonds is 4. The van der Waals surface area contributed by atoms with Crippen molar-refractivity contribution in [2.24, 2.45) is 5.73 Å². The number of hydrogen-bond donors (Lipinski definition) is 3. The summed E-state index contributed by atoms with van der Waals surface area (Å²) in [5.74, 6) is -0.280. The number of carbonyl (C=O) groups is 1. The van der Waals surface area contributed by atoms with Gasteiger partial charge in [-0.1, -0.05) is 36.4 Å². The average Bonchev–Trinajstić information content (AvgIpc) is 2.42. The Morgan fingerprint density at radius 1 is 1.24 bits per heavy atom. The Kier molecular flexibility index (Phi) is 5.72. The van der Waals surface area contributed by atoms with E-state index < -0.39 is 11.6 Å². The number of nitrogens with two attached hydrogens (primary N) is 1. The van der Waals surface area contributed by atoms with Crippen molar-refractivity contribution in [3.8, 4) is 0 Å². The number of aliphatic hydroxyl groups excluding tert-OH is 1. The summed E-state index contributed by atoms with van der Waals surface area (Å²) in [5, 5.41) is 15.0. The van der Waals surface area contributed by atoms with Crippen molar-refractivity contribution in [2.45, 2.75) is 25.5 Å². The van der Waals surface area contributed by atoms with Crippen LogP contribution in [0.3, 0.4) is 0 Å². The second-order valence-electron chi connectivity index (χ2n) is 5.55. The van der Waals surface area contributed by atoms with Crippen LogP contribution in [0, 0.1) is 0 Å². The van der Waals surface area contributed by atoms with Crippen molar-refractivity contribution in [1.82, 2.24) is 5.32 Å². The van der Waals surface area contributed by atoms with Gasteiger partial charge in [0.15, 0.2) is 0 Å². The average molecular weight is 309 g/mol. The standard InChI is InChI=1S/C16H20N2O2.ClH/c1-16(2,17)15(20)18-10-14(19)13-8-7-11-5-3-4-6-12(11)9-13;/h3-9,14,19H,10,17H2,1-2H3,(H,18,20);1H. The summed E-state index contributed by atoms with van der Waals surface area (Å²) in [7, 11) is 0. The van der Waals surface area contributed by atoms with Crippen LogP contribution in [0.4, 0.5) is 0 Å². The molecule has 4 nitrogen and oxygen atoms in total. The molecule has 0 saturated heterocycles. The second-order valence-corrected chi connectivity index (χ2v) is 5.55. The van der Waals surface area contributed by atoms with Crippen LogP contribution in [0.25, 0.3) is 10.8 Å². The van der Waals surface area contributed by atoms with E-state index in [0.29, 0.717) is 0 Å². The lowest BCUT2D eigenvalue weighted by molar-refractivity contribution is -0.125. The molecular weight excluding hydrogens is 288 g/mol. The molecule has 1 atom stereocenters. The van der Waals surface area contributed by atoms with E-state index in [1.807, 2.05) is 42.5 Å². The van der Waals surface area contributed by atoms with Crippen molar-refractivity contribution >= 4 is 29.1 Å². The Bertz CT molecular complexity index is 623. The molecule has 1 unspecified atom stereocenters. The summed E-state index contributed by atoms with van der Waals surface area (Å²) in [6, 6.07) is 13.7. The number of halogens is 1. The zero-order valence-corrected chi connectivity index (χ0v) is 13.0. The molecule has 0 saturated carbocycles. The molecule has 2 rings (SSSR count). The normalized spacial score (nSPS) is 12.6. The van der Waals surface area contributed by atoms with Gasteiger partial charge in [-0.25, -0.2) is 0 Å². The van der Waals surface area contributed by atoms with E-state index in [2.05, 4.69) is 5.32 Å². The number of benzene rings is 2. The van der Waals surface area contributed by atoms with Crippen LogP contribution in [-0.2, 0) is 4.79 Å². The molecule has 0 aliphatic rings. The lowest BCUT2D eigenvalue weighted by atomic mass is 10.0. The molecule has 2 aromatic carbocycles. The molecule has 0 heterocycles. The van der Waals surface area contributed by atoms with Gasteiger partial charge in [-0.15, -0.1) is 12.4 Å². The summed E-state index contributed by atoms with van der Waals surface area (Å²) in [5.41, 5.74) is 5.52. The molecule has 0 spiro atoms. The summed E-state index contributed by atoms with van der Waals surface area (Å²) >= 11 is 0. The molecule has 1 amide bonds. The molecule has 2 aromatic rings. The molecule has 0 aliphatic heterocycles. The fraction of sp³-hybridized carbons (Fsp3) is 0.312. The van der Waals surface area contributed by atoms with Crippen LogP contribution >= 0.6 is 12.4 Å². The highest BCUT2D eigenvalue weighted by atomic mass is 35.5. The Morgan fingerprint density at radius 2 is 1.86 bits per heavy atom. The fourth-order valence-corrected chi connectivity index (χ4v) is 1.95. The Labute approximate surface area is 130 Å². The molecule has 21 heavy (non-hydrogen) atoms. The van der Waals surface area contributed by atoms with Crippen LogP contribution in [0.5, 0.6) is 0 Å². The van der Waals surface area contributed by atoms with E-state index in [1.165, 1.54) is 0 Å². The summed E-state index contributed by atoms with van der Waals surface area (Å²) in [6.45, 7) is 3.41. The van der Waals surface area contributed by atoms with Gasteiger partial charge in [-0.3, -0.25) is 4.79 Å². The molecule has 4 N–H and O–H groups in total. The molecule has 5 heteroatoms. The highest BCUT2D eigenvalue weighted by Gasteiger charge is 2.22. The maximum Gasteiger partial charge on any atom is 0.239 e. The number of carbonyl (C=O) groups excluding carboxylic acids is 1. The van der Waals surface area contributed by atoms with E-state index in [4.69, 9.17) is 5.73 Å². The van der Waals surface area contributed by atoms with Gasteiger partial charge >= 0.3 is 0 Å². The van der Waals surface area contributed by atoms with Crippen molar-refractivity contribution in [2.75, 3.05) is 6.54 Å². The van der Waals surface area contributed by atoms with Crippen molar-refractivity contribution in [3.63, 3.8) is 0 Å². The number of aliphatic hydroxyl groups is 1. The molecule has 0 bridgehead atoms. The minimum absolute atomic E-state index is 0. The first-order chi connectivity index (χ1) is 9.38. The summed E-state index contributed by atoms with van der Waals surface area (Å²) in [4.78, 5) is 11.7. The molecule has 0 aliphatic carbocycles. The quantitative estimate of drug-likeness (QED) is 0.810. The molecular formula is C16H21ClN2O2. The first-order valence-corrected chi connectivity index (χ1v) is 6.62. The van der Waals surface area contributed by atoms with E-state index in [9.17, 15) is 9.90 Å². The largest absolute Gasteiger partial charge is 0.387 e. The summed E-state index contributed by atoms with van der Waals surface area (Å²) < 4.78 is 0. The first kappa shape index (κ1) is 17.4. The first-order valence-electron chi connectivity index (χ1n) is 6.62. The second kappa shape index (κ2) is 6.89. The van der Waals surface area contributed by atoms with E-state index in [-0.39, 0.29) is 24.9 Å². The fourth-order valence-electron chi connectivity index (χ4n) is 1.95. The monoisotopic (exact) mass is 308 g/mol. The van der Waals surface area contributed by atoms with Crippen molar-refractivity contribution < 1.29 is 9.90 Å². The number of hydrogen-bond acceptors (Lipinski definition) is 3. The van der Waals surface area contributed by atoms with Gasteiger partial charge in [0.05, 0.1) is 11.6 Å². The Hall–Kier alpha value is -1.62. The minimum Gasteiger partial charge on any atom is -0.387 e. The topological polar surface area (TPSA) is 75.4 Å². The molecule has 0 fully saturated rings. The third-order valence-electron chi connectivity index (χ3n) is 3.20. The lowest BCUT2D eigenvalue weighted by Gasteiger charge is -2.19. The van der Waals surface area contributed by atoms with Crippen LogP contribution in [0.15, 0.2) is 42.5 Å². The maximum atomic E-state index is 11.7. The van der Waals surface area contributed by atoms with Gasteiger partial charge < -0.3 is 16.2 Å². The number of amides is 1. The van der Waals surface area contributed by atoms with Crippen molar-refractivity contribution in [3.05, 3.63) is 48.0 Å². The lowest BCUT2D eigenvalue weighted by Crippen LogP contribution is -2.49. The molecule has 114 valence electrons. The molecule has 0 radical (unpaired) electrons. The van der Waals surface area contributed by atoms with Gasteiger partial charge in [0.2, 0.25) is 5.91 Å². The van der Waals surface area contributed by atoms with Gasteiger partial charge in [0.1, 0.15) is 0 Å². The number of fused-ring (bicyclic) bond motifs is 1. The van der Waals surface area contributed by atoms with Gasteiger partial charge in [0, 0.05) is 6.54 Å². The van der Waals surface area contributed by atoms with Crippen LogP contribution < -0.4 is 11.1 Å².